The summed E-state index contributed by atoms with van der Waals surface area (Å²) in [6.45, 7) is 7.78. The van der Waals surface area contributed by atoms with Gasteiger partial charge in [-0.05, 0) is 80.3 Å². The van der Waals surface area contributed by atoms with E-state index in [0.717, 1.165) is 91.9 Å². The third-order valence-electron chi connectivity index (χ3n) is 9.13. The topological polar surface area (TPSA) is 148 Å². The Hall–Kier alpha value is -4.03. The highest BCUT2D eigenvalue weighted by atomic mass is 32.2. The SMILES string of the molecule is CCCCCNc1nc(N)nc(C)c1CCCN(Cc1ccc(CC(=O)OC)cc1)C(=O)CN1CCCC(c2ccc(S(C)(=O)=O)cc2)C1. The maximum atomic E-state index is 14.0. The second-order valence-electron chi connectivity index (χ2n) is 13.0. The second kappa shape index (κ2) is 18.1. The Kier molecular flexibility index (Phi) is 14.0. The molecule has 266 valence electrons. The number of aryl methyl sites for hydroxylation is 1. The van der Waals surface area contributed by atoms with Crippen molar-refractivity contribution in [3.8, 4) is 0 Å². The first kappa shape index (κ1) is 37.8. The molecular weight excluding hydrogens is 641 g/mol. The van der Waals surface area contributed by atoms with Crippen molar-refractivity contribution in [1.29, 1.82) is 0 Å². The maximum Gasteiger partial charge on any atom is 0.309 e. The highest BCUT2D eigenvalue weighted by Crippen LogP contribution is 2.28. The van der Waals surface area contributed by atoms with E-state index in [-0.39, 0.29) is 30.2 Å². The Labute approximate surface area is 291 Å². The number of amides is 1. The number of rotatable bonds is 17. The molecule has 0 radical (unpaired) electrons. The Morgan fingerprint density at radius 2 is 1.76 bits per heavy atom. The lowest BCUT2D eigenvalue weighted by molar-refractivity contribution is -0.139. The van der Waals surface area contributed by atoms with Gasteiger partial charge in [-0.15, -0.1) is 0 Å². The van der Waals surface area contributed by atoms with Crippen LogP contribution in [-0.4, -0.2) is 86.2 Å². The summed E-state index contributed by atoms with van der Waals surface area (Å²) in [4.78, 5) is 39.1. The predicted molar refractivity (Wildman–Crippen MR) is 193 cm³/mol. The van der Waals surface area contributed by atoms with Crippen LogP contribution in [0, 0.1) is 6.92 Å². The van der Waals surface area contributed by atoms with E-state index in [2.05, 4.69) is 27.1 Å². The summed E-state index contributed by atoms with van der Waals surface area (Å²) in [6.07, 6.45) is 8.09. The lowest BCUT2D eigenvalue weighted by atomic mass is 9.90. The molecule has 1 amide bonds. The fraction of sp³-hybridized carbons (Fsp3) is 0.514. The molecule has 0 spiro atoms. The Bertz CT molecular complexity index is 1650. The zero-order chi connectivity index (χ0) is 35.4. The number of nitrogens with one attached hydrogen (secondary N) is 1. The van der Waals surface area contributed by atoms with Crippen LogP contribution in [0.4, 0.5) is 11.8 Å². The Balaban J connectivity index is 1.46. The first-order valence-electron chi connectivity index (χ1n) is 17.3. The number of nitrogen functional groups attached to an aromatic ring is 1. The molecule has 0 aliphatic carbocycles. The number of nitrogens with two attached hydrogens (primary N) is 1. The average molecular weight is 693 g/mol. The molecule has 4 rings (SSSR count). The molecule has 1 unspecified atom stereocenters. The van der Waals surface area contributed by atoms with Gasteiger partial charge in [0.25, 0.3) is 0 Å². The van der Waals surface area contributed by atoms with Gasteiger partial charge in [0.05, 0.1) is 25.0 Å². The third kappa shape index (κ3) is 11.5. The van der Waals surface area contributed by atoms with E-state index in [4.69, 9.17) is 10.5 Å². The van der Waals surface area contributed by atoms with Gasteiger partial charge in [0.15, 0.2) is 9.84 Å². The number of ether oxygens (including phenoxy) is 1. The standard InChI is InChI=1S/C37H52N6O5S/c1-5-6-7-20-39-36-33(27(2)40-37(38)41-36)11-9-22-43(24-29-14-12-28(13-15-29)23-35(45)48-3)34(44)26-42-21-8-10-31(25-42)30-16-18-32(19-17-30)49(4,46)47/h12-19,31H,5-11,20-26H2,1-4H3,(H3,38,39,40,41). The maximum absolute atomic E-state index is 14.0. The Morgan fingerprint density at radius 1 is 1.04 bits per heavy atom. The quantitative estimate of drug-likeness (QED) is 0.147. The van der Waals surface area contributed by atoms with Crippen LogP contribution in [0.25, 0.3) is 0 Å². The fourth-order valence-electron chi connectivity index (χ4n) is 6.36. The van der Waals surface area contributed by atoms with Crippen LogP contribution in [0.3, 0.4) is 0 Å². The molecule has 2 aromatic carbocycles. The number of hydrogen-bond acceptors (Lipinski definition) is 10. The molecule has 3 N–H and O–H groups in total. The van der Waals surface area contributed by atoms with Crippen molar-refractivity contribution in [2.45, 2.75) is 82.6 Å². The van der Waals surface area contributed by atoms with Crippen molar-refractivity contribution in [2.75, 3.05) is 57.1 Å². The largest absolute Gasteiger partial charge is 0.469 e. The van der Waals surface area contributed by atoms with Crippen molar-refractivity contribution in [1.82, 2.24) is 19.8 Å². The number of likely N-dealkylation sites (tertiary alicyclic amines) is 1. The summed E-state index contributed by atoms with van der Waals surface area (Å²) in [5, 5.41) is 3.45. The van der Waals surface area contributed by atoms with E-state index in [0.29, 0.717) is 31.0 Å². The minimum absolute atomic E-state index is 0.0508. The minimum atomic E-state index is -3.26. The molecule has 0 saturated carbocycles. The number of carbonyl (C=O) groups excluding carboxylic acids is 2. The molecule has 1 aromatic heterocycles. The summed E-state index contributed by atoms with van der Waals surface area (Å²) >= 11 is 0. The van der Waals surface area contributed by atoms with Gasteiger partial charge >= 0.3 is 5.97 Å². The van der Waals surface area contributed by atoms with Crippen LogP contribution >= 0.6 is 0 Å². The molecule has 1 aliphatic rings. The lowest BCUT2D eigenvalue weighted by Crippen LogP contribution is -2.44. The summed E-state index contributed by atoms with van der Waals surface area (Å²) in [5.41, 5.74) is 10.8. The highest BCUT2D eigenvalue weighted by molar-refractivity contribution is 7.90. The van der Waals surface area contributed by atoms with Gasteiger partial charge < -0.3 is 20.7 Å². The van der Waals surface area contributed by atoms with Crippen molar-refractivity contribution in [2.24, 2.45) is 0 Å². The number of esters is 1. The number of anilines is 2. The van der Waals surface area contributed by atoms with Gasteiger partial charge in [-0.2, -0.15) is 4.98 Å². The smallest absolute Gasteiger partial charge is 0.309 e. The van der Waals surface area contributed by atoms with E-state index >= 15 is 0 Å². The molecular formula is C37H52N6O5S. The zero-order valence-corrected chi connectivity index (χ0v) is 30.2. The number of hydrogen-bond donors (Lipinski definition) is 2. The van der Waals surface area contributed by atoms with E-state index in [9.17, 15) is 18.0 Å². The second-order valence-corrected chi connectivity index (χ2v) is 15.0. The minimum Gasteiger partial charge on any atom is -0.469 e. The van der Waals surface area contributed by atoms with Crippen LogP contribution in [-0.2, 0) is 43.5 Å². The number of nitrogens with zero attached hydrogens (tertiary/aromatic N) is 4. The van der Waals surface area contributed by atoms with Gasteiger partial charge in [-0.1, -0.05) is 56.2 Å². The molecule has 49 heavy (non-hydrogen) atoms. The summed E-state index contributed by atoms with van der Waals surface area (Å²) in [5.74, 6) is 0.997. The Morgan fingerprint density at radius 3 is 2.43 bits per heavy atom. The normalized spacial score (nSPS) is 15.1. The van der Waals surface area contributed by atoms with Crippen LogP contribution in [0.15, 0.2) is 53.4 Å². The molecule has 1 aliphatic heterocycles. The molecule has 2 heterocycles. The van der Waals surface area contributed by atoms with Gasteiger partial charge in [0.1, 0.15) is 5.82 Å². The van der Waals surface area contributed by atoms with Crippen LogP contribution < -0.4 is 11.1 Å². The number of carbonyl (C=O) groups is 2. The first-order chi connectivity index (χ1) is 23.5. The third-order valence-corrected chi connectivity index (χ3v) is 10.3. The van der Waals surface area contributed by atoms with Crippen molar-refractivity contribution in [3.05, 3.63) is 76.5 Å². The molecule has 11 nitrogen and oxygen atoms in total. The molecule has 0 bridgehead atoms. The summed E-state index contributed by atoms with van der Waals surface area (Å²) < 4.78 is 28.7. The monoisotopic (exact) mass is 692 g/mol. The molecule has 1 saturated heterocycles. The average Bonchev–Trinajstić information content (AvgIpc) is 3.07. The van der Waals surface area contributed by atoms with E-state index in [1.54, 1.807) is 12.1 Å². The van der Waals surface area contributed by atoms with Crippen molar-refractivity contribution < 1.29 is 22.7 Å². The van der Waals surface area contributed by atoms with Crippen molar-refractivity contribution in [3.63, 3.8) is 0 Å². The number of piperidine rings is 1. The van der Waals surface area contributed by atoms with Crippen LogP contribution in [0.1, 0.15) is 79.3 Å². The molecule has 3 aromatic rings. The van der Waals surface area contributed by atoms with Crippen molar-refractivity contribution >= 4 is 33.5 Å². The molecule has 1 atom stereocenters. The van der Waals surface area contributed by atoms with Gasteiger partial charge in [-0.3, -0.25) is 14.5 Å². The van der Waals surface area contributed by atoms with E-state index in [1.807, 2.05) is 48.2 Å². The molecule has 12 heteroatoms. The lowest BCUT2D eigenvalue weighted by Gasteiger charge is -2.34. The van der Waals surface area contributed by atoms with Gasteiger partial charge in [0, 0.05) is 43.7 Å². The van der Waals surface area contributed by atoms with Gasteiger partial charge in [0.2, 0.25) is 11.9 Å². The zero-order valence-electron chi connectivity index (χ0n) is 29.4. The number of sulfone groups is 1. The van der Waals surface area contributed by atoms with Crippen LogP contribution in [0.5, 0.6) is 0 Å². The number of methoxy groups -OCH3 is 1. The predicted octanol–water partition coefficient (Wildman–Crippen LogP) is 4.93. The first-order valence-corrected chi connectivity index (χ1v) is 19.2. The number of unbranched alkanes of at least 4 members (excludes halogenated alkanes) is 2. The van der Waals surface area contributed by atoms with E-state index < -0.39 is 9.84 Å². The van der Waals surface area contributed by atoms with Gasteiger partial charge in [-0.25, -0.2) is 13.4 Å². The molecule has 1 fully saturated rings. The number of benzene rings is 2. The van der Waals surface area contributed by atoms with E-state index in [1.165, 1.54) is 13.4 Å². The summed E-state index contributed by atoms with van der Waals surface area (Å²) in [7, 11) is -1.88. The highest BCUT2D eigenvalue weighted by Gasteiger charge is 2.25. The van der Waals surface area contributed by atoms with Crippen LogP contribution in [0.2, 0.25) is 0 Å². The summed E-state index contributed by atoms with van der Waals surface area (Å²) in [6, 6.07) is 14.9. The fourth-order valence-corrected chi connectivity index (χ4v) is 6.99. The number of aromatic nitrogens is 2.